The van der Waals surface area contributed by atoms with Crippen LogP contribution in [-0.4, -0.2) is 14.8 Å². The van der Waals surface area contributed by atoms with Crippen LogP contribution in [-0.2, 0) is 13.6 Å². The zero-order valence-electron chi connectivity index (χ0n) is 10.7. The fourth-order valence-electron chi connectivity index (χ4n) is 2.09. The Morgan fingerprint density at radius 2 is 2.16 bits per heavy atom. The molecular formula is C14H15N5. The van der Waals surface area contributed by atoms with E-state index in [0.717, 1.165) is 27.8 Å². The van der Waals surface area contributed by atoms with Crippen molar-refractivity contribution in [2.45, 2.75) is 6.54 Å². The number of aromatic nitrogens is 3. The topological polar surface area (TPSA) is 68.8 Å². The monoisotopic (exact) mass is 253 g/mol. The third-order valence-electron chi connectivity index (χ3n) is 3.09. The number of nitrogen functional groups attached to an aromatic ring is 1. The Kier molecular flexibility index (Phi) is 2.79. The summed E-state index contributed by atoms with van der Waals surface area (Å²) >= 11 is 0. The van der Waals surface area contributed by atoms with Gasteiger partial charge in [-0.1, -0.05) is 6.07 Å². The van der Waals surface area contributed by atoms with Crippen molar-refractivity contribution in [3.63, 3.8) is 0 Å². The van der Waals surface area contributed by atoms with E-state index in [1.165, 1.54) is 0 Å². The quantitative estimate of drug-likeness (QED) is 0.702. The second kappa shape index (κ2) is 4.61. The van der Waals surface area contributed by atoms with Crippen LogP contribution in [0.15, 0.2) is 42.9 Å². The van der Waals surface area contributed by atoms with Gasteiger partial charge in [-0.25, -0.2) is 0 Å². The number of nitrogens with one attached hydrogen (secondary N) is 1. The zero-order chi connectivity index (χ0) is 13.2. The van der Waals surface area contributed by atoms with Crippen LogP contribution >= 0.6 is 0 Å². The summed E-state index contributed by atoms with van der Waals surface area (Å²) in [6.45, 7) is 0.654. The minimum absolute atomic E-state index is 0.654. The van der Waals surface area contributed by atoms with Gasteiger partial charge in [0.1, 0.15) is 0 Å². The van der Waals surface area contributed by atoms with Crippen molar-refractivity contribution >= 4 is 22.1 Å². The lowest BCUT2D eigenvalue weighted by atomic mass is 10.1. The minimum Gasteiger partial charge on any atom is -0.397 e. The lowest BCUT2D eigenvalue weighted by molar-refractivity contribution is 0.747. The van der Waals surface area contributed by atoms with Gasteiger partial charge in [-0.15, -0.1) is 0 Å². The van der Waals surface area contributed by atoms with E-state index in [4.69, 9.17) is 5.73 Å². The Bertz CT molecular complexity index is 717. The van der Waals surface area contributed by atoms with Crippen LogP contribution in [0.25, 0.3) is 10.8 Å². The first kappa shape index (κ1) is 11.5. The van der Waals surface area contributed by atoms with Crippen molar-refractivity contribution < 1.29 is 0 Å². The molecule has 0 atom stereocenters. The molecule has 0 saturated heterocycles. The number of fused-ring (bicyclic) bond motifs is 1. The van der Waals surface area contributed by atoms with Crippen LogP contribution in [0.5, 0.6) is 0 Å². The molecule has 2 heterocycles. The van der Waals surface area contributed by atoms with Crippen LogP contribution in [0.4, 0.5) is 11.4 Å². The number of nitrogens with zero attached hydrogens (tertiary/aromatic N) is 3. The molecule has 0 aliphatic heterocycles. The van der Waals surface area contributed by atoms with Crippen LogP contribution in [0.1, 0.15) is 5.69 Å². The first-order valence-electron chi connectivity index (χ1n) is 6.08. The number of hydrogen-bond donors (Lipinski definition) is 2. The Hall–Kier alpha value is -2.56. The summed E-state index contributed by atoms with van der Waals surface area (Å²) in [6, 6.07) is 7.90. The SMILES string of the molecule is Cn1ccc(CNc2ccc3cnccc3c2N)n1. The van der Waals surface area contributed by atoms with Gasteiger partial charge in [0.2, 0.25) is 0 Å². The zero-order valence-corrected chi connectivity index (χ0v) is 10.7. The van der Waals surface area contributed by atoms with Gasteiger partial charge < -0.3 is 11.1 Å². The standard InChI is InChI=1S/C14H15N5/c1-19-7-5-11(18-19)9-17-13-3-2-10-8-16-6-4-12(10)14(13)15/h2-8,17H,9,15H2,1H3. The molecule has 3 aromatic rings. The molecular weight excluding hydrogens is 238 g/mol. The average Bonchev–Trinajstić information content (AvgIpc) is 2.84. The molecule has 96 valence electrons. The van der Waals surface area contributed by atoms with E-state index in [1.807, 2.05) is 43.7 Å². The maximum absolute atomic E-state index is 6.17. The van der Waals surface area contributed by atoms with E-state index in [1.54, 1.807) is 10.9 Å². The Morgan fingerprint density at radius 1 is 1.26 bits per heavy atom. The van der Waals surface area contributed by atoms with Crippen molar-refractivity contribution in [2.24, 2.45) is 7.05 Å². The van der Waals surface area contributed by atoms with E-state index in [2.05, 4.69) is 15.4 Å². The maximum atomic E-state index is 6.17. The van der Waals surface area contributed by atoms with Gasteiger partial charge in [0.05, 0.1) is 23.6 Å². The number of aryl methyl sites for hydroxylation is 1. The largest absolute Gasteiger partial charge is 0.397 e. The van der Waals surface area contributed by atoms with Crippen LogP contribution in [0, 0.1) is 0 Å². The van der Waals surface area contributed by atoms with Gasteiger partial charge in [0.15, 0.2) is 0 Å². The molecule has 0 bridgehead atoms. The number of nitrogens with two attached hydrogens (primary N) is 1. The van der Waals surface area contributed by atoms with E-state index < -0.39 is 0 Å². The third kappa shape index (κ3) is 2.22. The fraction of sp³-hybridized carbons (Fsp3) is 0.143. The molecule has 5 heteroatoms. The summed E-state index contributed by atoms with van der Waals surface area (Å²) < 4.78 is 1.78. The molecule has 5 nitrogen and oxygen atoms in total. The third-order valence-corrected chi connectivity index (χ3v) is 3.09. The molecule has 3 rings (SSSR count). The second-order valence-electron chi connectivity index (χ2n) is 4.46. The molecule has 1 aromatic carbocycles. The highest BCUT2D eigenvalue weighted by atomic mass is 15.3. The van der Waals surface area contributed by atoms with Crippen LogP contribution in [0.3, 0.4) is 0 Å². The van der Waals surface area contributed by atoms with Gasteiger partial charge >= 0.3 is 0 Å². The minimum atomic E-state index is 0.654. The Balaban J connectivity index is 1.87. The summed E-state index contributed by atoms with van der Waals surface area (Å²) in [6.07, 6.45) is 5.49. The molecule has 0 amide bonds. The molecule has 3 N–H and O–H groups in total. The normalized spacial score (nSPS) is 10.8. The summed E-state index contributed by atoms with van der Waals surface area (Å²) in [5, 5.41) is 9.69. The van der Waals surface area contributed by atoms with E-state index in [0.29, 0.717) is 6.54 Å². The van der Waals surface area contributed by atoms with Crippen LogP contribution in [0.2, 0.25) is 0 Å². The number of pyridine rings is 1. The molecule has 0 radical (unpaired) electrons. The molecule has 0 spiro atoms. The summed E-state index contributed by atoms with van der Waals surface area (Å²) in [7, 11) is 1.90. The summed E-state index contributed by atoms with van der Waals surface area (Å²) in [5.74, 6) is 0. The highest BCUT2D eigenvalue weighted by Crippen LogP contribution is 2.28. The molecule has 0 unspecified atom stereocenters. The van der Waals surface area contributed by atoms with Gasteiger partial charge in [0.25, 0.3) is 0 Å². The molecule has 2 aromatic heterocycles. The molecule has 19 heavy (non-hydrogen) atoms. The van der Waals surface area contributed by atoms with Crippen LogP contribution < -0.4 is 11.1 Å². The number of anilines is 2. The van der Waals surface area contributed by atoms with Crippen molar-refractivity contribution in [3.8, 4) is 0 Å². The summed E-state index contributed by atoms with van der Waals surface area (Å²) in [4.78, 5) is 4.09. The van der Waals surface area contributed by atoms with Crippen molar-refractivity contribution in [3.05, 3.63) is 48.5 Å². The smallest absolute Gasteiger partial charge is 0.0815 e. The Labute approximate surface area is 111 Å². The van der Waals surface area contributed by atoms with Gasteiger partial charge in [0, 0.05) is 36.4 Å². The second-order valence-corrected chi connectivity index (χ2v) is 4.46. The fourth-order valence-corrected chi connectivity index (χ4v) is 2.09. The lowest BCUT2D eigenvalue weighted by Crippen LogP contribution is -2.04. The van der Waals surface area contributed by atoms with E-state index >= 15 is 0 Å². The first-order valence-corrected chi connectivity index (χ1v) is 6.08. The number of hydrogen-bond acceptors (Lipinski definition) is 4. The highest BCUT2D eigenvalue weighted by Gasteiger charge is 2.04. The molecule has 0 fully saturated rings. The van der Waals surface area contributed by atoms with Crippen molar-refractivity contribution in [2.75, 3.05) is 11.1 Å². The highest BCUT2D eigenvalue weighted by molar-refractivity contribution is 5.98. The van der Waals surface area contributed by atoms with Crippen molar-refractivity contribution in [1.82, 2.24) is 14.8 Å². The van der Waals surface area contributed by atoms with Crippen molar-refractivity contribution in [1.29, 1.82) is 0 Å². The molecule has 0 aliphatic carbocycles. The lowest BCUT2D eigenvalue weighted by Gasteiger charge is -2.10. The number of rotatable bonds is 3. The van der Waals surface area contributed by atoms with E-state index in [9.17, 15) is 0 Å². The maximum Gasteiger partial charge on any atom is 0.0815 e. The van der Waals surface area contributed by atoms with E-state index in [-0.39, 0.29) is 0 Å². The first-order chi connectivity index (χ1) is 9.24. The van der Waals surface area contributed by atoms with Gasteiger partial charge in [-0.3, -0.25) is 9.67 Å². The Morgan fingerprint density at radius 3 is 2.95 bits per heavy atom. The molecule has 0 saturated carbocycles. The van der Waals surface area contributed by atoms with Gasteiger partial charge in [-0.05, 0) is 18.2 Å². The molecule has 0 aliphatic rings. The average molecular weight is 253 g/mol. The summed E-state index contributed by atoms with van der Waals surface area (Å²) in [5.41, 5.74) is 8.82. The predicted octanol–water partition coefficient (Wildman–Crippen LogP) is 2.16. The number of benzene rings is 1. The van der Waals surface area contributed by atoms with Gasteiger partial charge in [-0.2, -0.15) is 5.10 Å². The predicted molar refractivity (Wildman–Crippen MR) is 76.7 cm³/mol.